The average Bonchev–Trinajstić information content (AvgIpc) is 2.83. The zero-order valence-corrected chi connectivity index (χ0v) is 38.7. The van der Waals surface area contributed by atoms with Crippen LogP contribution in [0.4, 0.5) is 39.5 Å². The maximum absolute atomic E-state index is 14.0. The third kappa shape index (κ3) is 10.1. The van der Waals surface area contributed by atoms with Crippen LogP contribution in [0.15, 0.2) is 0 Å². The lowest BCUT2D eigenvalue weighted by atomic mass is 10.5. The second-order valence-electron chi connectivity index (χ2n) is 17.2. The van der Waals surface area contributed by atoms with Crippen molar-refractivity contribution in [3.63, 3.8) is 0 Å². The van der Waals surface area contributed by atoms with Gasteiger partial charge in [-0.2, -0.15) is 39.5 Å². The number of rotatable bonds is 17. The largest absolute Gasteiger partial charge is 0.467 e. The van der Waals surface area contributed by atoms with E-state index in [4.69, 9.17) is 4.12 Å². The van der Waals surface area contributed by atoms with Crippen LogP contribution < -0.4 is 0 Å². The molecule has 0 aromatic carbocycles. The first-order valence-electron chi connectivity index (χ1n) is 16.4. The SMILES string of the molecule is CC[Si](C)(C)[Si](O[Si]([Si](C)(C)CCC(F)(F)F)([Si](C)(C)CCC(F)(F)F)[Si](C)(C)CCC(F)(F)F)([Si](C)(C)CC)[Si](C)(C)CC. The van der Waals surface area contributed by atoms with Crippen LogP contribution in [-0.4, -0.2) is 77.8 Å². The first-order chi connectivity index (χ1) is 19.5. The van der Waals surface area contributed by atoms with Gasteiger partial charge in [-0.15, -0.1) is 0 Å². The molecule has 0 fully saturated rings. The van der Waals surface area contributed by atoms with Gasteiger partial charge in [-0.25, -0.2) is 0 Å². The Kier molecular flexibility index (Phi) is 15.1. The monoisotopic (exact) mass is 798 g/mol. The van der Waals surface area contributed by atoms with E-state index in [-0.39, 0.29) is 18.1 Å². The van der Waals surface area contributed by atoms with Gasteiger partial charge in [0.1, 0.15) is 13.7 Å². The zero-order valence-electron chi connectivity index (χ0n) is 30.7. The Morgan fingerprint density at radius 3 is 0.689 bits per heavy atom. The normalized spacial score (nSPS) is 16.0. The van der Waals surface area contributed by atoms with Crippen molar-refractivity contribution in [2.45, 2.75) is 173 Å². The maximum Gasteiger partial charge on any atom is 0.388 e. The highest BCUT2D eigenvalue weighted by atomic mass is 30.0. The molecule has 0 aliphatic carbocycles. The summed E-state index contributed by atoms with van der Waals surface area (Å²) in [7, 11) is -16.7. The summed E-state index contributed by atoms with van der Waals surface area (Å²) >= 11 is 0. The highest BCUT2D eigenvalue weighted by Gasteiger charge is 2.75. The molecule has 0 unspecified atom stereocenters. The van der Waals surface area contributed by atoms with Gasteiger partial charge in [0.05, 0.1) is 45.5 Å². The van der Waals surface area contributed by atoms with Gasteiger partial charge in [0.15, 0.2) is 0 Å². The molecule has 0 amide bonds. The van der Waals surface area contributed by atoms with Crippen LogP contribution in [0.1, 0.15) is 40.0 Å². The Morgan fingerprint density at radius 1 is 0.356 bits per heavy atom. The van der Waals surface area contributed by atoms with Gasteiger partial charge in [-0.1, -0.05) is 117 Å². The Labute approximate surface area is 275 Å². The molecule has 0 atom stereocenters. The lowest BCUT2D eigenvalue weighted by molar-refractivity contribution is -0.131. The van der Waals surface area contributed by atoms with E-state index in [1.165, 1.54) is 0 Å². The summed E-state index contributed by atoms with van der Waals surface area (Å²) in [6, 6.07) is 2.06. The average molecular weight is 799 g/mol. The van der Waals surface area contributed by atoms with Crippen LogP contribution in [0, 0.1) is 0 Å². The topological polar surface area (TPSA) is 9.23 Å². The molecule has 0 aromatic rings. The summed E-state index contributed by atoms with van der Waals surface area (Å²) in [6.07, 6.45) is -16.6. The van der Waals surface area contributed by atoms with Gasteiger partial charge in [0.2, 0.25) is 0 Å². The van der Waals surface area contributed by atoms with Crippen molar-refractivity contribution in [3.8, 4) is 0 Å². The zero-order chi connectivity index (χ0) is 36.6. The van der Waals surface area contributed by atoms with Crippen molar-refractivity contribution < 1.29 is 43.6 Å². The molecule has 0 saturated heterocycles. The molecule has 0 saturated carbocycles. The molecule has 0 spiro atoms. The fourth-order valence-electron chi connectivity index (χ4n) is 9.19. The van der Waals surface area contributed by atoms with Gasteiger partial charge >= 0.3 is 18.5 Å². The van der Waals surface area contributed by atoms with Gasteiger partial charge in [0.25, 0.3) is 0 Å². The Morgan fingerprint density at radius 2 is 0.533 bits per heavy atom. The molecule has 0 aliphatic heterocycles. The number of hydrogen-bond acceptors (Lipinski definition) is 1. The lowest BCUT2D eigenvalue weighted by Crippen LogP contribution is -2.96. The smallest absolute Gasteiger partial charge is 0.388 e. The lowest BCUT2D eigenvalue weighted by Gasteiger charge is -2.69. The van der Waals surface area contributed by atoms with Crippen LogP contribution in [-0.2, 0) is 4.12 Å². The number of alkyl halides is 9. The third-order valence-electron chi connectivity index (χ3n) is 11.8. The van der Waals surface area contributed by atoms with Gasteiger partial charge in [0, 0.05) is 19.3 Å². The minimum atomic E-state index is -4.47. The molecular weight excluding hydrogens is 736 g/mol. The molecule has 0 aromatic heterocycles. The third-order valence-corrected chi connectivity index (χ3v) is 154. The summed E-state index contributed by atoms with van der Waals surface area (Å²) in [5.74, 6) is 0. The molecule has 272 valence electrons. The van der Waals surface area contributed by atoms with Gasteiger partial charge < -0.3 is 4.12 Å². The molecule has 1 nitrogen and oxygen atoms in total. The summed E-state index contributed by atoms with van der Waals surface area (Å²) < 4.78 is 134. The predicted molar refractivity (Wildman–Crippen MR) is 195 cm³/mol. The second kappa shape index (κ2) is 14.7. The van der Waals surface area contributed by atoms with Crippen LogP contribution >= 0.6 is 0 Å². The second-order valence-corrected chi connectivity index (χ2v) is 93.0. The fraction of sp³-hybridized carbons (Fsp3) is 1.00. The van der Waals surface area contributed by atoms with Crippen LogP contribution in [0.2, 0.25) is 115 Å². The summed E-state index contributed by atoms with van der Waals surface area (Å²) in [5, 5.41) is 0. The standard InChI is InChI=1S/C27H63F9OSi8/c1-16-38(4,5)44(39(6,7)17-2,40(8,9)18-3)37-45(41(10,11)22-19-25(28,29)30,42(12,13)23-20-26(31,32)33)43(14,15)24-21-27(34,35)36/h16-24H2,1-15H3. The molecular formula is C27H63F9OSi8. The van der Waals surface area contributed by atoms with Gasteiger partial charge in [-0.3, -0.25) is 0 Å². The van der Waals surface area contributed by atoms with Crippen molar-refractivity contribution in [3.05, 3.63) is 0 Å². The summed E-state index contributed by atoms with van der Waals surface area (Å²) in [4.78, 5) is 0. The minimum absolute atomic E-state index is 0.200. The van der Waals surface area contributed by atoms with E-state index in [9.17, 15) is 39.5 Å². The minimum Gasteiger partial charge on any atom is -0.467 e. The van der Waals surface area contributed by atoms with Crippen molar-refractivity contribution in [1.82, 2.24) is 0 Å². The Balaban J connectivity index is 8.68. The molecule has 0 bridgehead atoms. The Hall–Kier alpha value is 1.07. The highest BCUT2D eigenvalue weighted by Crippen LogP contribution is 2.53. The first kappa shape index (κ1) is 46.1. The van der Waals surface area contributed by atoms with E-state index in [1.807, 2.05) is 39.3 Å². The van der Waals surface area contributed by atoms with Crippen molar-refractivity contribution in [2.75, 3.05) is 0 Å². The summed E-state index contributed by atoms with van der Waals surface area (Å²) in [5.41, 5.74) is 0. The van der Waals surface area contributed by atoms with Crippen molar-refractivity contribution in [1.29, 1.82) is 0 Å². The molecule has 0 radical (unpaired) electrons. The van der Waals surface area contributed by atoms with Gasteiger partial charge in [-0.05, 0) is 18.1 Å². The van der Waals surface area contributed by atoms with Crippen LogP contribution in [0.5, 0.6) is 0 Å². The molecule has 45 heavy (non-hydrogen) atoms. The maximum atomic E-state index is 14.0. The van der Waals surface area contributed by atoms with Crippen molar-refractivity contribution >= 4 is 59.3 Å². The fourth-order valence-corrected chi connectivity index (χ4v) is 222. The molecule has 0 heterocycles. The van der Waals surface area contributed by atoms with E-state index < -0.39 is 97.1 Å². The first-order valence-corrected chi connectivity index (χ1v) is 45.5. The van der Waals surface area contributed by atoms with E-state index >= 15 is 0 Å². The number of halogens is 9. The van der Waals surface area contributed by atoms with E-state index in [2.05, 4.69) is 60.1 Å². The molecule has 18 heteroatoms. The highest BCUT2D eigenvalue weighted by molar-refractivity contribution is 7.94. The molecule has 0 aliphatic rings. The van der Waals surface area contributed by atoms with E-state index in [0.717, 1.165) is 18.1 Å². The van der Waals surface area contributed by atoms with Crippen molar-refractivity contribution in [2.24, 2.45) is 0 Å². The van der Waals surface area contributed by atoms with Crippen LogP contribution in [0.3, 0.4) is 0 Å². The number of hydrogen-bond donors (Lipinski definition) is 0. The van der Waals surface area contributed by atoms with Crippen LogP contribution in [0.25, 0.3) is 0 Å². The quantitative estimate of drug-likeness (QED) is 0.105. The summed E-state index contributed by atoms with van der Waals surface area (Å²) in [6.45, 7) is 25.2. The predicted octanol–water partition coefficient (Wildman–Crippen LogP) is 12.5. The van der Waals surface area contributed by atoms with E-state index in [0.29, 0.717) is 0 Å². The Bertz CT molecular complexity index is 845. The molecule has 0 N–H and O–H groups in total. The van der Waals surface area contributed by atoms with E-state index in [1.54, 1.807) is 0 Å². The molecule has 0 rings (SSSR count).